The van der Waals surface area contributed by atoms with Crippen LogP contribution in [0.15, 0.2) is 35.7 Å². The zero-order valence-electron chi connectivity index (χ0n) is 10.1. The van der Waals surface area contributed by atoms with Crippen LogP contribution >= 0.6 is 22.9 Å². The maximum Gasteiger partial charge on any atom is 0.141 e. The molecule has 0 aliphatic heterocycles. The van der Waals surface area contributed by atoms with Gasteiger partial charge in [0.15, 0.2) is 0 Å². The Morgan fingerprint density at radius 2 is 2.20 bits per heavy atom. The van der Waals surface area contributed by atoms with Crippen LogP contribution in [0.2, 0.25) is 5.02 Å². The molecule has 1 N–H and O–H groups in total. The van der Waals surface area contributed by atoms with Gasteiger partial charge in [-0.2, -0.15) is 0 Å². The van der Waals surface area contributed by atoms with E-state index in [4.69, 9.17) is 11.6 Å². The van der Waals surface area contributed by atoms with Crippen molar-refractivity contribution < 1.29 is 9.50 Å². The Bertz CT molecular complexity index is 742. The fourth-order valence-corrected chi connectivity index (χ4v) is 2.83. The molecule has 0 fully saturated rings. The SMILES string of the molecule is OCc1nnn(-c2ccc(F)c(Cl)c2)c1-c1cccs1. The van der Waals surface area contributed by atoms with Gasteiger partial charge in [-0.15, -0.1) is 16.4 Å². The first-order valence-corrected chi connectivity index (χ1v) is 7.01. The molecule has 0 atom stereocenters. The summed E-state index contributed by atoms with van der Waals surface area (Å²) in [7, 11) is 0. The Balaban J connectivity index is 2.19. The molecule has 102 valence electrons. The number of aliphatic hydroxyl groups is 1. The first-order chi connectivity index (χ1) is 9.70. The Morgan fingerprint density at radius 1 is 1.35 bits per heavy atom. The van der Waals surface area contributed by atoms with Crippen LogP contribution in [0.3, 0.4) is 0 Å². The number of nitrogens with zero attached hydrogens (tertiary/aromatic N) is 3. The van der Waals surface area contributed by atoms with E-state index >= 15 is 0 Å². The number of hydrogen-bond donors (Lipinski definition) is 1. The molecule has 1 aromatic carbocycles. The average Bonchev–Trinajstić information content (AvgIpc) is 3.09. The van der Waals surface area contributed by atoms with Gasteiger partial charge in [-0.25, -0.2) is 9.07 Å². The number of aromatic nitrogens is 3. The van der Waals surface area contributed by atoms with Gasteiger partial charge in [0.25, 0.3) is 0 Å². The van der Waals surface area contributed by atoms with Crippen molar-refractivity contribution in [3.05, 3.63) is 52.2 Å². The van der Waals surface area contributed by atoms with Crippen LogP contribution in [0.25, 0.3) is 16.3 Å². The Morgan fingerprint density at radius 3 is 2.85 bits per heavy atom. The molecule has 0 amide bonds. The van der Waals surface area contributed by atoms with Gasteiger partial charge < -0.3 is 5.11 Å². The number of aliphatic hydroxyl groups excluding tert-OH is 1. The second-order valence-corrected chi connectivity index (χ2v) is 5.39. The average molecular weight is 310 g/mol. The van der Waals surface area contributed by atoms with Crippen LogP contribution < -0.4 is 0 Å². The number of halogens is 2. The van der Waals surface area contributed by atoms with Gasteiger partial charge in [-0.3, -0.25) is 0 Å². The first-order valence-electron chi connectivity index (χ1n) is 5.75. The molecule has 3 aromatic rings. The molecule has 0 unspecified atom stereocenters. The fourth-order valence-electron chi connectivity index (χ4n) is 1.88. The summed E-state index contributed by atoms with van der Waals surface area (Å²) in [4.78, 5) is 0.916. The molecule has 3 rings (SSSR count). The minimum atomic E-state index is -0.490. The van der Waals surface area contributed by atoms with Crippen molar-refractivity contribution in [2.75, 3.05) is 0 Å². The van der Waals surface area contributed by atoms with Gasteiger partial charge in [-0.05, 0) is 29.6 Å². The largest absolute Gasteiger partial charge is 0.390 e. The third-order valence-corrected chi connectivity index (χ3v) is 3.96. The number of rotatable bonds is 3. The zero-order chi connectivity index (χ0) is 14.1. The number of benzene rings is 1. The quantitative estimate of drug-likeness (QED) is 0.808. The lowest BCUT2D eigenvalue weighted by molar-refractivity contribution is 0.277. The lowest BCUT2D eigenvalue weighted by atomic mass is 10.2. The van der Waals surface area contributed by atoms with E-state index < -0.39 is 5.82 Å². The lowest BCUT2D eigenvalue weighted by Crippen LogP contribution is -2.00. The van der Waals surface area contributed by atoms with Crippen molar-refractivity contribution in [2.24, 2.45) is 0 Å². The van der Waals surface area contributed by atoms with Crippen LogP contribution in [0.1, 0.15) is 5.69 Å². The van der Waals surface area contributed by atoms with E-state index in [1.807, 2.05) is 17.5 Å². The molecule has 2 heterocycles. The van der Waals surface area contributed by atoms with Gasteiger partial charge >= 0.3 is 0 Å². The molecular weight excluding hydrogens is 301 g/mol. The molecule has 0 saturated carbocycles. The van der Waals surface area contributed by atoms with Crippen LogP contribution in [-0.4, -0.2) is 20.1 Å². The summed E-state index contributed by atoms with van der Waals surface area (Å²) in [6, 6.07) is 8.12. The van der Waals surface area contributed by atoms with Crippen molar-refractivity contribution in [2.45, 2.75) is 6.61 Å². The Kier molecular flexibility index (Phi) is 3.52. The van der Waals surface area contributed by atoms with E-state index in [2.05, 4.69) is 10.3 Å². The Hall–Kier alpha value is -1.76. The Labute approximate surface area is 123 Å². The van der Waals surface area contributed by atoms with Crippen LogP contribution in [-0.2, 0) is 6.61 Å². The molecule has 0 spiro atoms. The highest BCUT2D eigenvalue weighted by molar-refractivity contribution is 7.13. The summed E-state index contributed by atoms with van der Waals surface area (Å²) >= 11 is 7.31. The van der Waals surface area contributed by atoms with Crippen LogP contribution in [0.5, 0.6) is 0 Å². The summed E-state index contributed by atoms with van der Waals surface area (Å²) in [5, 5.41) is 19.3. The molecule has 0 aliphatic carbocycles. The zero-order valence-corrected chi connectivity index (χ0v) is 11.7. The third-order valence-electron chi connectivity index (χ3n) is 2.79. The smallest absolute Gasteiger partial charge is 0.141 e. The molecule has 20 heavy (non-hydrogen) atoms. The predicted octanol–water partition coefficient (Wildman–Crippen LogP) is 3.28. The first kappa shape index (κ1) is 13.2. The summed E-state index contributed by atoms with van der Waals surface area (Å²) in [5.74, 6) is -0.490. The molecule has 4 nitrogen and oxygen atoms in total. The molecule has 0 radical (unpaired) electrons. The fraction of sp³-hybridized carbons (Fsp3) is 0.0769. The molecule has 7 heteroatoms. The van der Waals surface area contributed by atoms with E-state index in [-0.39, 0.29) is 11.6 Å². The van der Waals surface area contributed by atoms with E-state index in [9.17, 15) is 9.50 Å². The lowest BCUT2D eigenvalue weighted by Gasteiger charge is -2.06. The molecular formula is C13H9ClFN3OS. The molecule has 0 aliphatic rings. The van der Waals surface area contributed by atoms with Crippen molar-refractivity contribution >= 4 is 22.9 Å². The normalized spacial score (nSPS) is 10.9. The monoisotopic (exact) mass is 309 g/mol. The second-order valence-electron chi connectivity index (χ2n) is 4.03. The predicted molar refractivity (Wildman–Crippen MR) is 75.6 cm³/mol. The molecule has 2 aromatic heterocycles. The summed E-state index contributed by atoms with van der Waals surface area (Å²) in [6.45, 7) is -0.220. The van der Waals surface area contributed by atoms with Gasteiger partial charge in [0.2, 0.25) is 0 Å². The molecule has 0 bridgehead atoms. The summed E-state index contributed by atoms with van der Waals surface area (Å²) < 4.78 is 14.8. The van der Waals surface area contributed by atoms with Crippen LogP contribution in [0.4, 0.5) is 4.39 Å². The van der Waals surface area contributed by atoms with Crippen molar-refractivity contribution in [3.8, 4) is 16.3 Å². The van der Waals surface area contributed by atoms with E-state index in [0.29, 0.717) is 17.1 Å². The van der Waals surface area contributed by atoms with E-state index in [1.165, 1.54) is 23.5 Å². The highest BCUT2D eigenvalue weighted by Gasteiger charge is 2.17. The highest BCUT2D eigenvalue weighted by atomic mass is 35.5. The van der Waals surface area contributed by atoms with Gasteiger partial charge in [0.05, 0.1) is 22.2 Å². The summed E-state index contributed by atoms with van der Waals surface area (Å²) in [6.07, 6.45) is 0. The topological polar surface area (TPSA) is 50.9 Å². The minimum Gasteiger partial charge on any atom is -0.390 e. The van der Waals surface area contributed by atoms with Gasteiger partial charge in [-0.1, -0.05) is 22.9 Å². The number of hydrogen-bond acceptors (Lipinski definition) is 4. The second kappa shape index (κ2) is 5.32. The van der Waals surface area contributed by atoms with E-state index in [0.717, 1.165) is 4.88 Å². The maximum absolute atomic E-state index is 13.2. The van der Waals surface area contributed by atoms with Crippen LogP contribution in [0, 0.1) is 5.82 Å². The summed E-state index contributed by atoms with van der Waals surface area (Å²) in [5.41, 5.74) is 1.74. The minimum absolute atomic E-state index is 0.0145. The van der Waals surface area contributed by atoms with Crippen molar-refractivity contribution in [1.82, 2.24) is 15.0 Å². The highest BCUT2D eigenvalue weighted by Crippen LogP contribution is 2.30. The standard InChI is InChI=1S/C13H9ClFN3OS/c14-9-6-8(3-4-10(9)15)18-13(11(7-19)16-17-18)12-2-1-5-20-12/h1-6,19H,7H2. The maximum atomic E-state index is 13.2. The molecule has 0 saturated heterocycles. The van der Waals surface area contributed by atoms with Gasteiger partial charge in [0.1, 0.15) is 17.2 Å². The van der Waals surface area contributed by atoms with Gasteiger partial charge in [0, 0.05) is 0 Å². The number of thiophene rings is 1. The van der Waals surface area contributed by atoms with Crippen molar-refractivity contribution in [1.29, 1.82) is 0 Å². The third kappa shape index (κ3) is 2.22. The van der Waals surface area contributed by atoms with E-state index in [1.54, 1.807) is 10.7 Å². The van der Waals surface area contributed by atoms with Crippen molar-refractivity contribution in [3.63, 3.8) is 0 Å².